The van der Waals surface area contributed by atoms with Gasteiger partial charge in [-0.3, -0.25) is 0 Å². The van der Waals surface area contributed by atoms with Crippen molar-refractivity contribution in [3.8, 4) is 6.07 Å². The molecular formula is C20H26N6O. The van der Waals surface area contributed by atoms with Crippen LogP contribution in [0, 0.1) is 11.3 Å². The second kappa shape index (κ2) is 9.31. The van der Waals surface area contributed by atoms with Gasteiger partial charge in [0, 0.05) is 43.1 Å². The van der Waals surface area contributed by atoms with Gasteiger partial charge in [0.1, 0.15) is 5.82 Å². The molecule has 7 nitrogen and oxygen atoms in total. The van der Waals surface area contributed by atoms with Crippen LogP contribution >= 0.6 is 0 Å². The molecule has 1 aliphatic heterocycles. The lowest BCUT2D eigenvalue weighted by molar-refractivity contribution is 0.286. The quantitative estimate of drug-likeness (QED) is 0.659. The van der Waals surface area contributed by atoms with Gasteiger partial charge in [-0.15, -0.1) is 0 Å². The minimum atomic E-state index is 0.153. The van der Waals surface area contributed by atoms with Crippen molar-refractivity contribution in [3.05, 3.63) is 41.6 Å². The standard InChI is InChI=1S/C20H26N6O/c1-2-4-16-12-19(26-9-7-18(14-26)22-8-10-27)25-20(23-16)24-17-6-3-5-15(11-17)13-21/h3,5-6,11-12,18,22,27H,2,4,7-10,14H2,1H3,(H,23,24,25). The maximum absolute atomic E-state index is 9.08. The molecule has 1 atom stereocenters. The predicted octanol–water partition coefficient (Wildman–Crippen LogP) is 2.20. The Morgan fingerprint density at radius 2 is 2.22 bits per heavy atom. The largest absolute Gasteiger partial charge is 0.395 e. The molecule has 1 fully saturated rings. The molecule has 0 saturated carbocycles. The van der Waals surface area contributed by atoms with Crippen LogP contribution in [0.1, 0.15) is 31.0 Å². The smallest absolute Gasteiger partial charge is 0.229 e. The Labute approximate surface area is 160 Å². The zero-order valence-electron chi connectivity index (χ0n) is 15.6. The Morgan fingerprint density at radius 3 is 3.00 bits per heavy atom. The van der Waals surface area contributed by atoms with E-state index in [4.69, 9.17) is 15.4 Å². The highest BCUT2D eigenvalue weighted by Gasteiger charge is 2.23. The normalized spacial score (nSPS) is 16.3. The molecular weight excluding hydrogens is 340 g/mol. The van der Waals surface area contributed by atoms with Gasteiger partial charge in [-0.05, 0) is 31.0 Å². The minimum Gasteiger partial charge on any atom is -0.395 e. The lowest BCUT2D eigenvalue weighted by atomic mass is 10.2. The van der Waals surface area contributed by atoms with Gasteiger partial charge >= 0.3 is 0 Å². The number of nitriles is 1. The van der Waals surface area contributed by atoms with Gasteiger partial charge in [-0.2, -0.15) is 10.2 Å². The molecule has 0 amide bonds. The van der Waals surface area contributed by atoms with Gasteiger partial charge in [0.2, 0.25) is 5.95 Å². The van der Waals surface area contributed by atoms with Gasteiger partial charge in [-0.25, -0.2) is 4.98 Å². The SMILES string of the molecule is CCCc1cc(N2CCC(NCCO)C2)nc(Nc2cccc(C#N)c2)n1. The van der Waals surface area contributed by atoms with Crippen LogP contribution in [0.15, 0.2) is 30.3 Å². The number of aliphatic hydroxyl groups is 1. The molecule has 0 bridgehead atoms. The van der Waals surface area contributed by atoms with Crippen LogP contribution in [0.3, 0.4) is 0 Å². The van der Waals surface area contributed by atoms with Gasteiger partial charge in [0.15, 0.2) is 0 Å². The number of rotatable bonds is 8. The number of nitrogens with zero attached hydrogens (tertiary/aromatic N) is 4. The number of aryl methyl sites for hydroxylation is 1. The Kier molecular flexibility index (Phi) is 6.58. The molecule has 1 aromatic carbocycles. The summed E-state index contributed by atoms with van der Waals surface area (Å²) in [7, 11) is 0. The second-order valence-electron chi connectivity index (χ2n) is 6.72. The van der Waals surface area contributed by atoms with E-state index in [0.717, 1.165) is 49.6 Å². The third kappa shape index (κ3) is 5.16. The number of hydrogen-bond acceptors (Lipinski definition) is 7. The van der Waals surface area contributed by atoms with Gasteiger partial charge in [0.25, 0.3) is 0 Å². The molecule has 0 aliphatic carbocycles. The van der Waals surface area contributed by atoms with E-state index in [1.807, 2.05) is 12.1 Å². The Balaban J connectivity index is 1.79. The Morgan fingerprint density at radius 1 is 1.33 bits per heavy atom. The lowest BCUT2D eigenvalue weighted by Crippen LogP contribution is -2.34. The van der Waals surface area contributed by atoms with E-state index in [1.54, 1.807) is 12.1 Å². The van der Waals surface area contributed by atoms with Crippen molar-refractivity contribution in [2.45, 2.75) is 32.2 Å². The average Bonchev–Trinajstić information content (AvgIpc) is 3.15. The van der Waals surface area contributed by atoms with Crippen LogP contribution in [0.5, 0.6) is 0 Å². The van der Waals surface area contributed by atoms with Crippen molar-refractivity contribution in [3.63, 3.8) is 0 Å². The first-order valence-corrected chi connectivity index (χ1v) is 9.46. The van der Waals surface area contributed by atoms with E-state index in [-0.39, 0.29) is 6.61 Å². The molecule has 1 aromatic heterocycles. The molecule has 1 saturated heterocycles. The van der Waals surface area contributed by atoms with Crippen molar-refractivity contribution in [1.29, 1.82) is 5.26 Å². The van der Waals surface area contributed by atoms with Crippen molar-refractivity contribution in [2.24, 2.45) is 0 Å². The van der Waals surface area contributed by atoms with E-state index in [2.05, 4.69) is 39.6 Å². The highest BCUT2D eigenvalue weighted by Crippen LogP contribution is 2.23. The summed E-state index contributed by atoms with van der Waals surface area (Å²) in [5.74, 6) is 1.47. The Hall–Kier alpha value is -2.69. The zero-order chi connectivity index (χ0) is 19.1. The summed E-state index contributed by atoms with van der Waals surface area (Å²) < 4.78 is 0. The van der Waals surface area contributed by atoms with E-state index >= 15 is 0 Å². The first kappa shape index (κ1) is 19.1. The molecule has 2 heterocycles. The summed E-state index contributed by atoms with van der Waals surface area (Å²) >= 11 is 0. The lowest BCUT2D eigenvalue weighted by Gasteiger charge is -2.19. The van der Waals surface area contributed by atoms with Crippen LogP contribution in [0.25, 0.3) is 0 Å². The number of anilines is 3. The number of nitrogens with one attached hydrogen (secondary N) is 2. The highest BCUT2D eigenvalue weighted by molar-refractivity contribution is 5.58. The number of benzene rings is 1. The number of aliphatic hydroxyl groups excluding tert-OH is 1. The summed E-state index contributed by atoms with van der Waals surface area (Å²) in [6.45, 7) is 4.70. The van der Waals surface area contributed by atoms with Crippen molar-refractivity contribution < 1.29 is 5.11 Å². The maximum atomic E-state index is 9.08. The first-order valence-electron chi connectivity index (χ1n) is 9.46. The van der Waals surface area contributed by atoms with Crippen LogP contribution in [0.4, 0.5) is 17.5 Å². The molecule has 1 aliphatic rings. The summed E-state index contributed by atoms with van der Waals surface area (Å²) in [4.78, 5) is 11.6. The molecule has 142 valence electrons. The fraction of sp³-hybridized carbons (Fsp3) is 0.450. The molecule has 7 heteroatoms. The first-order chi connectivity index (χ1) is 13.2. The molecule has 2 aromatic rings. The van der Waals surface area contributed by atoms with Crippen LogP contribution < -0.4 is 15.5 Å². The summed E-state index contributed by atoms with van der Waals surface area (Å²) in [6.07, 6.45) is 2.93. The van der Waals surface area contributed by atoms with E-state index in [1.165, 1.54) is 0 Å². The third-order valence-corrected chi connectivity index (χ3v) is 4.58. The van der Waals surface area contributed by atoms with Gasteiger partial charge in [-0.1, -0.05) is 19.4 Å². The summed E-state index contributed by atoms with van der Waals surface area (Å²) in [6, 6.07) is 11.9. The molecule has 0 radical (unpaired) electrons. The fourth-order valence-corrected chi connectivity index (χ4v) is 3.28. The predicted molar refractivity (Wildman–Crippen MR) is 106 cm³/mol. The van der Waals surface area contributed by atoms with Crippen molar-refractivity contribution >= 4 is 17.5 Å². The van der Waals surface area contributed by atoms with Gasteiger partial charge < -0.3 is 20.6 Å². The number of aromatic nitrogens is 2. The van der Waals surface area contributed by atoms with Crippen molar-refractivity contribution in [2.75, 3.05) is 36.5 Å². The Bertz CT molecular complexity index is 803. The second-order valence-corrected chi connectivity index (χ2v) is 6.72. The maximum Gasteiger partial charge on any atom is 0.229 e. The highest BCUT2D eigenvalue weighted by atomic mass is 16.3. The molecule has 0 spiro atoms. The molecule has 3 N–H and O–H groups in total. The molecule has 3 rings (SSSR count). The third-order valence-electron chi connectivity index (χ3n) is 4.58. The topological polar surface area (TPSA) is 97.1 Å². The van der Waals surface area contributed by atoms with E-state index in [0.29, 0.717) is 24.1 Å². The molecule has 1 unspecified atom stereocenters. The summed E-state index contributed by atoms with van der Waals surface area (Å²) in [5.41, 5.74) is 2.41. The average molecular weight is 366 g/mol. The number of hydrogen-bond donors (Lipinski definition) is 3. The van der Waals surface area contributed by atoms with Crippen LogP contribution in [-0.2, 0) is 6.42 Å². The molecule has 27 heavy (non-hydrogen) atoms. The van der Waals surface area contributed by atoms with Crippen LogP contribution in [0.2, 0.25) is 0 Å². The fourth-order valence-electron chi connectivity index (χ4n) is 3.28. The van der Waals surface area contributed by atoms with Crippen LogP contribution in [-0.4, -0.2) is 47.4 Å². The van der Waals surface area contributed by atoms with Gasteiger partial charge in [0.05, 0.1) is 18.2 Å². The zero-order valence-corrected chi connectivity index (χ0v) is 15.6. The van der Waals surface area contributed by atoms with E-state index in [9.17, 15) is 0 Å². The monoisotopic (exact) mass is 366 g/mol. The minimum absolute atomic E-state index is 0.153. The van der Waals surface area contributed by atoms with E-state index < -0.39 is 0 Å². The summed E-state index contributed by atoms with van der Waals surface area (Å²) in [5, 5.41) is 24.7. The van der Waals surface area contributed by atoms with Crippen molar-refractivity contribution in [1.82, 2.24) is 15.3 Å².